The third kappa shape index (κ3) is 5.21. The van der Waals surface area contributed by atoms with E-state index in [1.165, 1.54) is 10.9 Å². The fourth-order valence-corrected chi connectivity index (χ4v) is 2.40. The van der Waals surface area contributed by atoms with Crippen molar-refractivity contribution >= 4 is 11.6 Å². The van der Waals surface area contributed by atoms with E-state index < -0.39 is 0 Å². The Labute approximate surface area is 109 Å². The number of nitrogens with zero attached hydrogens (tertiary/aromatic N) is 2. The summed E-state index contributed by atoms with van der Waals surface area (Å²) in [5.41, 5.74) is 6.06. The van der Waals surface area contributed by atoms with Crippen LogP contribution in [-0.4, -0.2) is 21.2 Å². The van der Waals surface area contributed by atoms with Crippen molar-refractivity contribution in [3.8, 4) is 0 Å². The SMILES string of the molecule is CC(C)(C)CC(C)(C)NC(=O)Cn1cc(N)cn1. The number of amides is 1. The van der Waals surface area contributed by atoms with Crippen molar-refractivity contribution in [3.63, 3.8) is 0 Å². The number of carbonyl (C=O) groups is 1. The van der Waals surface area contributed by atoms with Gasteiger partial charge in [0.2, 0.25) is 5.91 Å². The molecule has 0 aromatic carbocycles. The zero-order chi connectivity index (χ0) is 14.0. The van der Waals surface area contributed by atoms with Crippen LogP contribution in [0.1, 0.15) is 41.0 Å². The van der Waals surface area contributed by atoms with E-state index >= 15 is 0 Å². The summed E-state index contributed by atoms with van der Waals surface area (Å²) in [6.07, 6.45) is 4.09. The van der Waals surface area contributed by atoms with Crippen LogP contribution in [0.4, 0.5) is 5.69 Å². The Hall–Kier alpha value is -1.52. The number of nitrogens with one attached hydrogen (secondary N) is 1. The molecule has 1 amide bonds. The first-order valence-corrected chi connectivity index (χ1v) is 6.16. The average molecular weight is 252 g/mol. The molecule has 0 spiro atoms. The molecule has 0 radical (unpaired) electrons. The van der Waals surface area contributed by atoms with Crippen molar-refractivity contribution in [1.82, 2.24) is 15.1 Å². The summed E-state index contributed by atoms with van der Waals surface area (Å²) in [6, 6.07) is 0. The molecule has 0 saturated heterocycles. The maximum Gasteiger partial charge on any atom is 0.242 e. The topological polar surface area (TPSA) is 72.9 Å². The average Bonchev–Trinajstić information content (AvgIpc) is 2.44. The molecular weight excluding hydrogens is 228 g/mol. The van der Waals surface area contributed by atoms with E-state index in [4.69, 9.17) is 5.73 Å². The lowest BCUT2D eigenvalue weighted by Gasteiger charge is -2.33. The van der Waals surface area contributed by atoms with E-state index in [0.29, 0.717) is 5.69 Å². The van der Waals surface area contributed by atoms with Crippen LogP contribution in [-0.2, 0) is 11.3 Å². The highest BCUT2D eigenvalue weighted by Crippen LogP contribution is 2.26. The van der Waals surface area contributed by atoms with E-state index in [1.54, 1.807) is 6.20 Å². The van der Waals surface area contributed by atoms with Crippen LogP contribution < -0.4 is 11.1 Å². The Bertz CT molecular complexity index is 415. The number of nitrogen functional groups attached to an aromatic ring is 1. The van der Waals surface area contributed by atoms with Crippen LogP contribution in [0.2, 0.25) is 0 Å². The van der Waals surface area contributed by atoms with Crippen molar-refractivity contribution in [2.24, 2.45) is 5.41 Å². The second kappa shape index (κ2) is 5.00. The minimum absolute atomic E-state index is 0.0487. The van der Waals surface area contributed by atoms with Crippen molar-refractivity contribution < 1.29 is 4.79 Å². The highest BCUT2D eigenvalue weighted by Gasteiger charge is 2.26. The van der Waals surface area contributed by atoms with Gasteiger partial charge in [-0.2, -0.15) is 5.10 Å². The first kappa shape index (κ1) is 14.5. The van der Waals surface area contributed by atoms with Gasteiger partial charge < -0.3 is 11.1 Å². The lowest BCUT2D eigenvalue weighted by molar-refractivity contribution is -0.123. The second-order valence-electron chi connectivity index (χ2n) is 6.64. The largest absolute Gasteiger partial charge is 0.396 e. The standard InChI is InChI=1S/C13H24N4O/c1-12(2,3)9-13(4,5)16-11(18)8-17-7-10(14)6-15-17/h6-7H,8-9,14H2,1-5H3,(H,16,18). The zero-order valence-electron chi connectivity index (χ0n) is 11.9. The van der Waals surface area contributed by atoms with Gasteiger partial charge in [-0.05, 0) is 25.7 Å². The Morgan fingerprint density at radius 1 is 1.39 bits per heavy atom. The molecule has 1 rings (SSSR count). The van der Waals surface area contributed by atoms with E-state index in [-0.39, 0.29) is 23.4 Å². The number of rotatable bonds is 4. The Morgan fingerprint density at radius 3 is 2.44 bits per heavy atom. The number of anilines is 1. The first-order chi connectivity index (χ1) is 8.07. The summed E-state index contributed by atoms with van der Waals surface area (Å²) in [4.78, 5) is 11.9. The molecular formula is C13H24N4O. The van der Waals surface area contributed by atoms with Crippen molar-refractivity contribution in [1.29, 1.82) is 0 Å². The van der Waals surface area contributed by atoms with Gasteiger partial charge >= 0.3 is 0 Å². The third-order valence-electron chi connectivity index (χ3n) is 2.41. The molecule has 1 aromatic heterocycles. The summed E-state index contributed by atoms with van der Waals surface area (Å²) in [7, 11) is 0. The highest BCUT2D eigenvalue weighted by molar-refractivity contribution is 5.76. The maximum absolute atomic E-state index is 11.9. The van der Waals surface area contributed by atoms with Gasteiger partial charge in [0.15, 0.2) is 0 Å². The summed E-state index contributed by atoms with van der Waals surface area (Å²) < 4.78 is 1.54. The number of carbonyl (C=O) groups excluding carboxylic acids is 1. The van der Waals surface area contributed by atoms with Gasteiger partial charge in [-0.25, -0.2) is 0 Å². The predicted octanol–water partition coefficient (Wildman–Crippen LogP) is 1.80. The number of nitrogens with two attached hydrogens (primary N) is 1. The zero-order valence-corrected chi connectivity index (χ0v) is 11.9. The molecule has 102 valence electrons. The normalized spacial score (nSPS) is 12.5. The minimum Gasteiger partial charge on any atom is -0.396 e. The molecule has 0 aliphatic heterocycles. The van der Waals surface area contributed by atoms with Gasteiger partial charge in [0.1, 0.15) is 6.54 Å². The van der Waals surface area contributed by atoms with Crippen LogP contribution in [0, 0.1) is 5.41 Å². The van der Waals surface area contributed by atoms with Gasteiger partial charge in [0, 0.05) is 11.7 Å². The molecule has 0 bridgehead atoms. The first-order valence-electron chi connectivity index (χ1n) is 6.16. The Kier molecular flexibility index (Phi) is 4.04. The smallest absolute Gasteiger partial charge is 0.242 e. The van der Waals surface area contributed by atoms with Crippen LogP contribution >= 0.6 is 0 Å². The quantitative estimate of drug-likeness (QED) is 0.858. The predicted molar refractivity (Wildman–Crippen MR) is 72.9 cm³/mol. The van der Waals surface area contributed by atoms with Gasteiger partial charge in [0.25, 0.3) is 0 Å². The number of hydrogen-bond acceptors (Lipinski definition) is 3. The third-order valence-corrected chi connectivity index (χ3v) is 2.41. The molecule has 3 N–H and O–H groups in total. The highest BCUT2D eigenvalue weighted by atomic mass is 16.2. The van der Waals surface area contributed by atoms with E-state index in [9.17, 15) is 4.79 Å². The molecule has 0 atom stereocenters. The molecule has 0 unspecified atom stereocenters. The van der Waals surface area contributed by atoms with Crippen molar-refractivity contribution in [2.45, 2.75) is 53.1 Å². The number of aromatic nitrogens is 2. The van der Waals surface area contributed by atoms with Gasteiger partial charge in [0.05, 0.1) is 11.9 Å². The lowest BCUT2D eigenvalue weighted by Crippen LogP contribution is -2.47. The van der Waals surface area contributed by atoms with Crippen molar-refractivity contribution in [2.75, 3.05) is 5.73 Å². The summed E-state index contributed by atoms with van der Waals surface area (Å²) in [5, 5.41) is 7.02. The van der Waals surface area contributed by atoms with Crippen LogP contribution in [0.5, 0.6) is 0 Å². The fourth-order valence-electron chi connectivity index (χ4n) is 2.40. The molecule has 5 nitrogen and oxygen atoms in total. The van der Waals surface area contributed by atoms with Crippen molar-refractivity contribution in [3.05, 3.63) is 12.4 Å². The molecule has 0 aliphatic rings. The molecule has 0 saturated carbocycles. The van der Waals surface area contributed by atoms with Crippen LogP contribution in [0.25, 0.3) is 0 Å². The summed E-state index contributed by atoms with van der Waals surface area (Å²) >= 11 is 0. The number of hydrogen-bond donors (Lipinski definition) is 2. The molecule has 0 aliphatic carbocycles. The molecule has 1 aromatic rings. The van der Waals surface area contributed by atoms with Gasteiger partial charge in [-0.1, -0.05) is 20.8 Å². The Morgan fingerprint density at radius 2 is 2.00 bits per heavy atom. The summed E-state index contributed by atoms with van der Waals surface area (Å²) in [6.45, 7) is 10.8. The molecule has 18 heavy (non-hydrogen) atoms. The second-order valence-corrected chi connectivity index (χ2v) is 6.64. The minimum atomic E-state index is -0.228. The van der Waals surface area contributed by atoms with Gasteiger partial charge in [-0.15, -0.1) is 0 Å². The van der Waals surface area contributed by atoms with E-state index in [2.05, 4.69) is 31.2 Å². The fraction of sp³-hybridized carbons (Fsp3) is 0.692. The van der Waals surface area contributed by atoms with E-state index in [0.717, 1.165) is 6.42 Å². The van der Waals surface area contributed by atoms with E-state index in [1.807, 2.05) is 13.8 Å². The lowest BCUT2D eigenvalue weighted by atomic mass is 9.82. The Balaban J connectivity index is 2.54. The summed E-state index contributed by atoms with van der Waals surface area (Å²) in [5.74, 6) is -0.0487. The maximum atomic E-state index is 11.9. The molecule has 0 fully saturated rings. The molecule has 1 heterocycles. The van der Waals surface area contributed by atoms with Gasteiger partial charge in [-0.3, -0.25) is 9.48 Å². The molecule has 5 heteroatoms. The van der Waals surface area contributed by atoms with Crippen LogP contribution in [0.3, 0.4) is 0 Å². The monoisotopic (exact) mass is 252 g/mol. The van der Waals surface area contributed by atoms with Crippen LogP contribution in [0.15, 0.2) is 12.4 Å².